The van der Waals surface area contributed by atoms with Crippen LogP contribution in [0.5, 0.6) is 5.75 Å². The quantitative estimate of drug-likeness (QED) is 0.315. The first-order chi connectivity index (χ1) is 17.0. The largest absolute Gasteiger partial charge is 0.483 e. The molecule has 9 heteroatoms. The van der Waals surface area contributed by atoms with Crippen molar-refractivity contribution in [2.24, 2.45) is 5.10 Å². The van der Waals surface area contributed by atoms with Crippen LogP contribution in [0.15, 0.2) is 81.1 Å². The van der Waals surface area contributed by atoms with Crippen molar-refractivity contribution < 1.29 is 13.9 Å². The van der Waals surface area contributed by atoms with E-state index in [9.17, 15) is 14.0 Å². The number of fused-ring (bicyclic) bond motifs is 1. The van der Waals surface area contributed by atoms with E-state index in [1.54, 1.807) is 42.5 Å². The highest BCUT2D eigenvalue weighted by molar-refractivity contribution is 9.10. The molecule has 0 aliphatic heterocycles. The molecule has 4 rings (SSSR count). The molecule has 35 heavy (non-hydrogen) atoms. The molecule has 0 spiro atoms. The van der Waals surface area contributed by atoms with E-state index in [-0.39, 0.29) is 17.9 Å². The Labute approximate surface area is 209 Å². The average molecular weight is 537 g/mol. The number of nitrogens with one attached hydrogen (secondary N) is 1. The Kier molecular flexibility index (Phi) is 7.67. The topological polar surface area (TPSA) is 85.6 Å². The number of amides is 1. The van der Waals surface area contributed by atoms with E-state index in [0.29, 0.717) is 34.5 Å². The zero-order chi connectivity index (χ0) is 24.8. The van der Waals surface area contributed by atoms with Crippen LogP contribution >= 0.6 is 15.9 Å². The fraction of sp³-hybridized carbons (Fsp3) is 0.154. The molecule has 1 N–H and O–H groups in total. The van der Waals surface area contributed by atoms with Crippen LogP contribution in [0, 0.1) is 5.82 Å². The highest BCUT2D eigenvalue weighted by Crippen LogP contribution is 2.19. The molecule has 0 fully saturated rings. The maximum absolute atomic E-state index is 13.8. The molecule has 0 saturated carbocycles. The zero-order valence-corrected chi connectivity index (χ0v) is 20.5. The monoisotopic (exact) mass is 536 g/mol. The normalized spacial score (nSPS) is 11.2. The van der Waals surface area contributed by atoms with Crippen molar-refractivity contribution in [3.05, 3.63) is 98.8 Å². The Morgan fingerprint density at radius 1 is 1.17 bits per heavy atom. The molecule has 0 aliphatic rings. The molecule has 0 saturated heterocycles. The van der Waals surface area contributed by atoms with E-state index in [1.165, 1.54) is 29.1 Å². The second-order valence-corrected chi connectivity index (χ2v) is 8.57. The molecule has 4 aromatic rings. The Morgan fingerprint density at radius 2 is 1.94 bits per heavy atom. The summed E-state index contributed by atoms with van der Waals surface area (Å²) in [6.07, 6.45) is 2.87. The number of nitrogens with zero attached hydrogens (tertiary/aromatic N) is 3. The molecule has 1 amide bonds. The number of aromatic nitrogens is 2. The molecular weight excluding hydrogens is 515 g/mol. The van der Waals surface area contributed by atoms with Crippen LogP contribution in [0.25, 0.3) is 10.9 Å². The van der Waals surface area contributed by atoms with Gasteiger partial charge in [0.25, 0.3) is 11.5 Å². The summed E-state index contributed by atoms with van der Waals surface area (Å²) in [5.41, 5.74) is 0.973. The van der Waals surface area contributed by atoms with Gasteiger partial charge in [-0.1, -0.05) is 47.1 Å². The third kappa shape index (κ3) is 5.81. The lowest BCUT2D eigenvalue weighted by Gasteiger charge is -2.11. The molecule has 0 radical (unpaired) electrons. The van der Waals surface area contributed by atoms with Crippen LogP contribution in [0.2, 0.25) is 0 Å². The Hall–Kier alpha value is -3.85. The number of para-hydroxylation sites is 2. The predicted molar refractivity (Wildman–Crippen MR) is 138 cm³/mol. The van der Waals surface area contributed by atoms with Crippen LogP contribution in [0.4, 0.5) is 10.1 Å². The third-order valence-electron chi connectivity index (χ3n) is 5.09. The average Bonchev–Trinajstić information content (AvgIpc) is 2.85. The first-order valence-electron chi connectivity index (χ1n) is 11.0. The molecule has 0 atom stereocenters. The molecule has 1 heterocycles. The van der Waals surface area contributed by atoms with Crippen molar-refractivity contribution in [3.63, 3.8) is 0 Å². The number of hydrogen-bond acceptors (Lipinski definition) is 5. The first-order valence-corrected chi connectivity index (χ1v) is 11.8. The van der Waals surface area contributed by atoms with E-state index in [4.69, 9.17) is 4.74 Å². The lowest BCUT2D eigenvalue weighted by atomic mass is 10.2. The molecule has 3 aromatic carbocycles. The lowest BCUT2D eigenvalue weighted by Crippen LogP contribution is -2.22. The maximum atomic E-state index is 13.8. The van der Waals surface area contributed by atoms with E-state index >= 15 is 0 Å². The number of carbonyl (C=O) groups excluding carboxylic acids is 1. The van der Waals surface area contributed by atoms with Crippen molar-refractivity contribution >= 4 is 44.6 Å². The van der Waals surface area contributed by atoms with E-state index in [1.807, 2.05) is 13.0 Å². The molecule has 0 bridgehead atoms. The third-order valence-corrected chi connectivity index (χ3v) is 5.58. The van der Waals surface area contributed by atoms with Gasteiger partial charge in [-0.15, -0.1) is 0 Å². The van der Waals surface area contributed by atoms with Crippen LogP contribution in [-0.2, 0) is 11.2 Å². The number of anilines is 1. The maximum Gasteiger partial charge on any atom is 0.282 e. The Balaban J connectivity index is 1.58. The first kappa shape index (κ1) is 24.3. The zero-order valence-electron chi connectivity index (χ0n) is 18.9. The molecule has 7 nitrogen and oxygen atoms in total. The molecule has 0 aliphatic carbocycles. The van der Waals surface area contributed by atoms with Crippen LogP contribution in [0.3, 0.4) is 0 Å². The molecular formula is C26H22BrFN4O3. The fourth-order valence-electron chi connectivity index (χ4n) is 3.43. The van der Waals surface area contributed by atoms with Crippen LogP contribution < -0.4 is 15.6 Å². The summed E-state index contributed by atoms with van der Waals surface area (Å²) >= 11 is 3.39. The Morgan fingerprint density at radius 3 is 2.74 bits per heavy atom. The molecule has 1 aromatic heterocycles. The van der Waals surface area contributed by atoms with Gasteiger partial charge in [0.2, 0.25) is 0 Å². The SMILES string of the molecule is CCCc1nc2ccc(Br)cc2c(=O)n1N=Cc1ccccc1OCC(=O)Nc1ccccc1F. The number of ether oxygens (including phenoxy) is 1. The van der Waals surface area contributed by atoms with Crippen molar-refractivity contribution in [2.75, 3.05) is 11.9 Å². The van der Waals surface area contributed by atoms with Crippen molar-refractivity contribution in [1.29, 1.82) is 0 Å². The van der Waals surface area contributed by atoms with Gasteiger partial charge in [0.15, 0.2) is 6.61 Å². The summed E-state index contributed by atoms with van der Waals surface area (Å²) in [4.78, 5) is 30.0. The molecule has 0 unspecified atom stereocenters. The summed E-state index contributed by atoms with van der Waals surface area (Å²) in [5.74, 6) is -0.0990. The van der Waals surface area contributed by atoms with Gasteiger partial charge in [0.1, 0.15) is 17.4 Å². The standard InChI is InChI=1S/C26H22BrFN4O3/c1-2-7-24-30-21-13-12-18(27)14-19(21)26(34)32(24)29-15-17-8-3-6-11-23(17)35-16-25(33)31-22-10-5-4-9-20(22)28/h3-6,8-15H,2,7,16H2,1H3,(H,31,33). The van der Waals surface area contributed by atoms with Gasteiger partial charge in [-0.25, -0.2) is 9.37 Å². The van der Waals surface area contributed by atoms with Crippen LogP contribution in [-0.4, -0.2) is 28.4 Å². The second kappa shape index (κ2) is 11.1. The number of hydrogen-bond donors (Lipinski definition) is 1. The van der Waals surface area contributed by atoms with Gasteiger partial charge in [-0.2, -0.15) is 9.78 Å². The lowest BCUT2D eigenvalue weighted by molar-refractivity contribution is -0.118. The number of benzene rings is 3. The minimum Gasteiger partial charge on any atom is -0.483 e. The number of halogens is 2. The van der Waals surface area contributed by atoms with Crippen molar-refractivity contribution in [3.8, 4) is 5.75 Å². The minimum atomic E-state index is -0.530. The summed E-state index contributed by atoms with van der Waals surface area (Å²) < 4.78 is 21.5. The summed E-state index contributed by atoms with van der Waals surface area (Å²) in [5, 5.41) is 7.34. The fourth-order valence-corrected chi connectivity index (χ4v) is 3.79. The van der Waals surface area contributed by atoms with Crippen molar-refractivity contribution in [2.45, 2.75) is 19.8 Å². The van der Waals surface area contributed by atoms with Gasteiger partial charge >= 0.3 is 0 Å². The summed E-state index contributed by atoms with van der Waals surface area (Å²) in [6, 6.07) is 18.2. The number of carbonyl (C=O) groups is 1. The predicted octanol–water partition coefficient (Wildman–Crippen LogP) is 5.15. The summed E-state index contributed by atoms with van der Waals surface area (Å²) in [7, 11) is 0. The number of rotatable bonds is 8. The molecule has 178 valence electrons. The second-order valence-electron chi connectivity index (χ2n) is 7.66. The van der Waals surface area contributed by atoms with Gasteiger partial charge in [0.05, 0.1) is 22.8 Å². The van der Waals surface area contributed by atoms with Crippen molar-refractivity contribution in [1.82, 2.24) is 9.66 Å². The van der Waals surface area contributed by atoms with Gasteiger partial charge in [-0.05, 0) is 48.9 Å². The highest BCUT2D eigenvalue weighted by atomic mass is 79.9. The summed E-state index contributed by atoms with van der Waals surface area (Å²) in [6.45, 7) is 1.67. The number of aryl methyl sites for hydroxylation is 1. The van der Waals surface area contributed by atoms with Gasteiger partial charge in [-0.3, -0.25) is 9.59 Å². The van der Waals surface area contributed by atoms with E-state index in [0.717, 1.165) is 10.9 Å². The smallest absolute Gasteiger partial charge is 0.282 e. The Bertz CT molecular complexity index is 1470. The van der Waals surface area contributed by atoms with Crippen LogP contribution in [0.1, 0.15) is 24.7 Å². The van der Waals surface area contributed by atoms with E-state index < -0.39 is 11.7 Å². The highest BCUT2D eigenvalue weighted by Gasteiger charge is 2.12. The van der Waals surface area contributed by atoms with E-state index in [2.05, 4.69) is 31.3 Å². The minimum absolute atomic E-state index is 0.0780. The van der Waals surface area contributed by atoms with Gasteiger partial charge < -0.3 is 10.1 Å². The van der Waals surface area contributed by atoms with Gasteiger partial charge in [0, 0.05) is 16.5 Å².